The molecule has 2 N–H and O–H groups in total. The van der Waals surface area contributed by atoms with Gasteiger partial charge < -0.3 is 20.1 Å². The van der Waals surface area contributed by atoms with E-state index in [2.05, 4.69) is 34.6 Å². The average Bonchev–Trinajstić information content (AvgIpc) is 3.23. The quantitative estimate of drug-likeness (QED) is 0.203. The van der Waals surface area contributed by atoms with Gasteiger partial charge in [0.1, 0.15) is 11.6 Å². The number of nitrogens with zero attached hydrogens (tertiary/aromatic N) is 4. The van der Waals surface area contributed by atoms with E-state index in [4.69, 9.17) is 14.5 Å². The number of aryl methyl sites for hydroxylation is 1. The fraction of sp³-hybridized carbons (Fsp3) is 0.500. The van der Waals surface area contributed by atoms with E-state index in [1.54, 1.807) is 25.1 Å². The molecule has 0 bridgehead atoms. The molecule has 1 aromatic carbocycles. The summed E-state index contributed by atoms with van der Waals surface area (Å²) >= 11 is 1.61. The smallest absolute Gasteiger partial charge is 0.220 e. The Morgan fingerprint density at radius 1 is 1.18 bits per heavy atom. The van der Waals surface area contributed by atoms with Crippen LogP contribution < -0.4 is 15.4 Å². The highest BCUT2D eigenvalue weighted by Crippen LogP contribution is 2.26. The van der Waals surface area contributed by atoms with Gasteiger partial charge in [-0.05, 0) is 31.0 Å². The Hall–Kier alpha value is -2.85. The van der Waals surface area contributed by atoms with Gasteiger partial charge in [0.25, 0.3) is 0 Å². The van der Waals surface area contributed by atoms with Gasteiger partial charge in [-0.15, -0.1) is 0 Å². The van der Waals surface area contributed by atoms with Crippen LogP contribution in [0.25, 0.3) is 11.0 Å². The Bertz CT molecular complexity index is 1050. The predicted molar refractivity (Wildman–Crippen MR) is 136 cm³/mol. The molecule has 0 aliphatic carbocycles. The first kappa shape index (κ1) is 25.8. The zero-order chi connectivity index (χ0) is 24.3. The summed E-state index contributed by atoms with van der Waals surface area (Å²) in [5, 5.41) is 12.7. The minimum absolute atomic E-state index is 0.0104. The van der Waals surface area contributed by atoms with E-state index < -0.39 is 0 Å². The van der Waals surface area contributed by atoms with Gasteiger partial charge in [-0.25, -0.2) is 14.6 Å². The summed E-state index contributed by atoms with van der Waals surface area (Å²) in [6.07, 6.45) is 2.88. The van der Waals surface area contributed by atoms with Crippen molar-refractivity contribution in [2.75, 3.05) is 38.7 Å². The van der Waals surface area contributed by atoms with Gasteiger partial charge in [0.15, 0.2) is 10.8 Å². The second kappa shape index (κ2) is 13.1. The van der Waals surface area contributed by atoms with Gasteiger partial charge in [0.2, 0.25) is 5.91 Å². The van der Waals surface area contributed by atoms with Crippen molar-refractivity contribution in [3.8, 4) is 5.75 Å². The van der Waals surface area contributed by atoms with Crippen molar-refractivity contribution in [1.29, 1.82) is 0 Å². The second-order valence-electron chi connectivity index (χ2n) is 7.95. The number of aromatic nitrogens is 4. The van der Waals surface area contributed by atoms with Crippen LogP contribution in [0.4, 0.5) is 5.82 Å². The van der Waals surface area contributed by atoms with Gasteiger partial charge >= 0.3 is 0 Å². The standard InChI is InChI=1S/C24H34N6O3S/c1-5-33-15-13-26-22-20-16-27-30(23(20)29-24(28-22)34-17(2)3)14-12-25-21(31)11-8-18-6-9-19(32-4)10-7-18/h6-7,9-10,16-17H,5,8,11-15H2,1-4H3,(H,25,31)(H,26,28,29). The van der Waals surface area contributed by atoms with E-state index in [0.29, 0.717) is 56.1 Å². The van der Waals surface area contributed by atoms with Gasteiger partial charge in [0, 0.05) is 31.4 Å². The Labute approximate surface area is 205 Å². The number of ether oxygens (including phenoxy) is 2. The first-order valence-electron chi connectivity index (χ1n) is 11.6. The van der Waals surface area contributed by atoms with Crippen LogP contribution in [0, 0.1) is 0 Å². The number of amides is 1. The normalized spacial score (nSPS) is 11.2. The third-order valence-corrected chi connectivity index (χ3v) is 5.87. The fourth-order valence-corrected chi connectivity index (χ4v) is 4.03. The number of carbonyl (C=O) groups is 1. The molecule has 2 aromatic heterocycles. The Morgan fingerprint density at radius 3 is 2.68 bits per heavy atom. The summed E-state index contributed by atoms with van der Waals surface area (Å²) in [7, 11) is 1.64. The van der Waals surface area contributed by atoms with Crippen LogP contribution in [0.5, 0.6) is 5.75 Å². The number of fused-ring (bicyclic) bond motifs is 1. The molecule has 1 amide bonds. The van der Waals surface area contributed by atoms with Crippen LogP contribution in [-0.4, -0.2) is 64.3 Å². The van der Waals surface area contributed by atoms with Gasteiger partial charge in [0.05, 0.1) is 31.8 Å². The number of carbonyl (C=O) groups excluding carboxylic acids is 1. The zero-order valence-corrected chi connectivity index (χ0v) is 21.2. The van der Waals surface area contributed by atoms with Crippen molar-refractivity contribution in [1.82, 2.24) is 25.1 Å². The van der Waals surface area contributed by atoms with E-state index in [1.165, 1.54) is 0 Å². The summed E-state index contributed by atoms with van der Waals surface area (Å²) in [5.41, 5.74) is 1.86. The van der Waals surface area contributed by atoms with E-state index in [1.807, 2.05) is 35.9 Å². The lowest BCUT2D eigenvalue weighted by Gasteiger charge is -2.11. The molecule has 0 fully saturated rings. The molecule has 9 nitrogen and oxygen atoms in total. The lowest BCUT2D eigenvalue weighted by atomic mass is 10.1. The first-order valence-corrected chi connectivity index (χ1v) is 12.5. The van der Waals surface area contributed by atoms with Crippen LogP contribution in [0.15, 0.2) is 35.6 Å². The highest BCUT2D eigenvalue weighted by atomic mass is 32.2. The van der Waals surface area contributed by atoms with E-state index in [-0.39, 0.29) is 5.91 Å². The highest BCUT2D eigenvalue weighted by molar-refractivity contribution is 7.99. The highest BCUT2D eigenvalue weighted by Gasteiger charge is 2.14. The molecule has 0 aliphatic rings. The minimum atomic E-state index is 0.0104. The van der Waals surface area contributed by atoms with Crippen molar-refractivity contribution >= 4 is 34.5 Å². The summed E-state index contributed by atoms with van der Waals surface area (Å²) in [6, 6.07) is 7.77. The number of nitrogens with one attached hydrogen (secondary N) is 2. The molecule has 3 rings (SSSR count). The maximum Gasteiger partial charge on any atom is 0.220 e. The number of hydrogen-bond donors (Lipinski definition) is 2. The zero-order valence-electron chi connectivity index (χ0n) is 20.3. The third-order valence-electron chi connectivity index (χ3n) is 5.01. The van der Waals surface area contributed by atoms with Crippen LogP contribution in [-0.2, 0) is 22.5 Å². The number of anilines is 1. The number of methoxy groups -OCH3 is 1. The molecule has 0 atom stereocenters. The van der Waals surface area contributed by atoms with Crippen molar-refractivity contribution in [3.05, 3.63) is 36.0 Å². The number of rotatable bonds is 14. The molecular formula is C24H34N6O3S. The summed E-state index contributed by atoms with van der Waals surface area (Å²) in [5.74, 6) is 1.57. The van der Waals surface area contributed by atoms with Crippen molar-refractivity contribution in [3.63, 3.8) is 0 Å². The monoisotopic (exact) mass is 486 g/mol. The third kappa shape index (κ3) is 7.59. The lowest BCUT2D eigenvalue weighted by Crippen LogP contribution is -2.27. The van der Waals surface area contributed by atoms with E-state index in [9.17, 15) is 4.79 Å². The van der Waals surface area contributed by atoms with Crippen LogP contribution in [0.1, 0.15) is 32.8 Å². The second-order valence-corrected chi connectivity index (χ2v) is 9.49. The molecule has 0 radical (unpaired) electrons. The molecule has 0 aliphatic heterocycles. The van der Waals surface area contributed by atoms with Crippen molar-refractivity contribution in [2.24, 2.45) is 0 Å². The van der Waals surface area contributed by atoms with Crippen molar-refractivity contribution in [2.45, 2.75) is 50.6 Å². The molecule has 2 heterocycles. The first-order chi connectivity index (χ1) is 16.5. The van der Waals surface area contributed by atoms with E-state index >= 15 is 0 Å². The SMILES string of the molecule is CCOCCNc1nc(SC(C)C)nc2c1cnn2CCNC(=O)CCc1ccc(OC)cc1. The summed E-state index contributed by atoms with van der Waals surface area (Å²) in [4.78, 5) is 21.7. The molecule has 0 unspecified atom stereocenters. The van der Waals surface area contributed by atoms with Crippen LogP contribution in [0.2, 0.25) is 0 Å². The number of hydrogen-bond acceptors (Lipinski definition) is 8. The topological polar surface area (TPSA) is 103 Å². The van der Waals surface area contributed by atoms with Gasteiger partial charge in [-0.3, -0.25) is 4.79 Å². The molecule has 10 heteroatoms. The molecule has 34 heavy (non-hydrogen) atoms. The van der Waals surface area contributed by atoms with E-state index in [0.717, 1.165) is 28.2 Å². The lowest BCUT2D eigenvalue weighted by molar-refractivity contribution is -0.121. The molecular weight excluding hydrogens is 452 g/mol. The molecule has 0 saturated heterocycles. The largest absolute Gasteiger partial charge is 0.497 e. The van der Waals surface area contributed by atoms with Crippen LogP contribution in [0.3, 0.4) is 0 Å². The maximum atomic E-state index is 12.3. The Kier molecular flexibility index (Phi) is 9.96. The van der Waals surface area contributed by atoms with Crippen LogP contribution >= 0.6 is 11.8 Å². The average molecular weight is 487 g/mol. The molecule has 0 saturated carbocycles. The molecule has 3 aromatic rings. The van der Waals surface area contributed by atoms with Gasteiger partial charge in [-0.1, -0.05) is 37.7 Å². The number of benzene rings is 1. The predicted octanol–water partition coefficient (Wildman–Crippen LogP) is 3.53. The molecule has 0 spiro atoms. The maximum absolute atomic E-state index is 12.3. The summed E-state index contributed by atoms with van der Waals surface area (Å²) < 4.78 is 12.4. The molecule has 184 valence electrons. The summed E-state index contributed by atoms with van der Waals surface area (Å²) in [6.45, 7) is 9.13. The minimum Gasteiger partial charge on any atom is -0.497 e. The van der Waals surface area contributed by atoms with Crippen molar-refractivity contribution < 1.29 is 14.3 Å². The fourth-order valence-electron chi connectivity index (χ4n) is 3.32. The van der Waals surface area contributed by atoms with Gasteiger partial charge in [-0.2, -0.15) is 5.10 Å². The Morgan fingerprint density at radius 2 is 1.97 bits per heavy atom. The number of thioether (sulfide) groups is 1. The Balaban J connectivity index is 1.59.